The van der Waals surface area contributed by atoms with Crippen molar-refractivity contribution in [2.24, 2.45) is 0 Å². The van der Waals surface area contributed by atoms with E-state index in [2.05, 4.69) is 5.32 Å². The second-order valence-electron chi connectivity index (χ2n) is 5.62. The fraction of sp³-hybridized carbons (Fsp3) is 0.211. The lowest BCUT2D eigenvalue weighted by atomic mass is 10.1. The molecule has 0 saturated heterocycles. The maximum Gasteiger partial charge on any atom is 0.262 e. The maximum atomic E-state index is 12.2. The van der Waals surface area contributed by atoms with E-state index in [1.807, 2.05) is 0 Å². The molecule has 3 rings (SSSR count). The molecule has 0 aromatic heterocycles. The quantitative estimate of drug-likeness (QED) is 0.601. The second kappa shape index (κ2) is 7.69. The topological polar surface area (TPSA) is 84.9 Å². The molecule has 0 aliphatic carbocycles. The Labute approximate surface area is 150 Å². The Morgan fingerprint density at radius 2 is 1.54 bits per heavy atom. The van der Waals surface area contributed by atoms with Crippen LogP contribution in [0.1, 0.15) is 20.7 Å². The second-order valence-corrected chi connectivity index (χ2v) is 5.62. The van der Waals surface area contributed by atoms with Crippen LogP contribution in [0.3, 0.4) is 0 Å². The van der Waals surface area contributed by atoms with Crippen LogP contribution in [0.5, 0.6) is 11.5 Å². The van der Waals surface area contributed by atoms with Crippen LogP contribution in [-0.4, -0.2) is 49.4 Å². The summed E-state index contributed by atoms with van der Waals surface area (Å²) >= 11 is 0. The number of imide groups is 1. The molecule has 7 nitrogen and oxygen atoms in total. The Kier molecular flexibility index (Phi) is 5.17. The minimum Gasteiger partial charge on any atom is -0.497 e. The van der Waals surface area contributed by atoms with E-state index in [0.717, 1.165) is 10.6 Å². The number of benzene rings is 2. The lowest BCUT2D eigenvalue weighted by Gasteiger charge is -2.14. The summed E-state index contributed by atoms with van der Waals surface area (Å²) in [6, 6.07) is 13.6. The summed E-state index contributed by atoms with van der Waals surface area (Å²) in [5, 5.41) is 2.64. The van der Waals surface area contributed by atoms with Crippen molar-refractivity contribution in [1.29, 1.82) is 0 Å². The average molecular weight is 354 g/mol. The Morgan fingerprint density at radius 3 is 2.12 bits per heavy atom. The van der Waals surface area contributed by atoms with E-state index in [0.29, 0.717) is 16.9 Å². The summed E-state index contributed by atoms with van der Waals surface area (Å²) < 4.78 is 10.6. The van der Waals surface area contributed by atoms with Crippen molar-refractivity contribution in [3.63, 3.8) is 0 Å². The molecule has 0 bridgehead atoms. The molecule has 2 aromatic carbocycles. The highest BCUT2D eigenvalue weighted by Crippen LogP contribution is 2.21. The summed E-state index contributed by atoms with van der Waals surface area (Å²) in [6.45, 7) is 0.211. The number of amides is 3. The molecule has 3 amide bonds. The molecule has 134 valence electrons. The summed E-state index contributed by atoms with van der Waals surface area (Å²) in [5.74, 6) is 0.0651. The van der Waals surface area contributed by atoms with Gasteiger partial charge in [0.15, 0.2) is 0 Å². The van der Waals surface area contributed by atoms with E-state index in [9.17, 15) is 14.4 Å². The monoisotopic (exact) mass is 354 g/mol. The van der Waals surface area contributed by atoms with Crippen LogP contribution in [0.25, 0.3) is 0 Å². The molecule has 0 saturated carbocycles. The van der Waals surface area contributed by atoms with Crippen molar-refractivity contribution in [2.45, 2.75) is 0 Å². The van der Waals surface area contributed by atoms with Crippen molar-refractivity contribution >= 4 is 17.7 Å². The highest BCUT2D eigenvalue weighted by molar-refractivity contribution is 6.22. The molecule has 0 atom stereocenters. The zero-order valence-corrected chi connectivity index (χ0v) is 14.2. The first kappa shape index (κ1) is 17.5. The fourth-order valence-electron chi connectivity index (χ4n) is 2.61. The number of hydrogen-bond acceptors (Lipinski definition) is 5. The number of carbonyl (C=O) groups excluding carboxylic acids is 3. The van der Waals surface area contributed by atoms with Crippen LogP contribution < -0.4 is 14.8 Å². The van der Waals surface area contributed by atoms with E-state index >= 15 is 0 Å². The standard InChI is InChI=1S/C19H18N2O5/c1-25-13-6-8-14(9-7-13)26-11-10-20-17(22)12-21-18(23)15-4-2-3-5-16(15)19(21)24/h2-9H,10-12H2,1H3,(H,20,22). The van der Waals surface area contributed by atoms with E-state index in [4.69, 9.17) is 9.47 Å². The molecule has 7 heteroatoms. The van der Waals surface area contributed by atoms with Crippen LogP contribution in [0, 0.1) is 0 Å². The molecule has 2 aromatic rings. The minimum atomic E-state index is -0.449. The molecule has 0 spiro atoms. The summed E-state index contributed by atoms with van der Waals surface area (Å²) in [7, 11) is 1.58. The van der Waals surface area contributed by atoms with Crippen LogP contribution in [0.2, 0.25) is 0 Å². The summed E-state index contributed by atoms with van der Waals surface area (Å²) in [4.78, 5) is 37.4. The summed E-state index contributed by atoms with van der Waals surface area (Å²) in [6.07, 6.45) is 0. The summed E-state index contributed by atoms with van der Waals surface area (Å²) in [5.41, 5.74) is 0.654. The third kappa shape index (κ3) is 3.66. The van der Waals surface area contributed by atoms with Crippen molar-refractivity contribution in [1.82, 2.24) is 10.2 Å². The third-order valence-corrected chi connectivity index (χ3v) is 3.93. The number of rotatable bonds is 7. The lowest BCUT2D eigenvalue weighted by molar-refractivity contribution is -0.121. The number of ether oxygens (including phenoxy) is 2. The lowest BCUT2D eigenvalue weighted by Crippen LogP contribution is -2.41. The maximum absolute atomic E-state index is 12.2. The van der Waals surface area contributed by atoms with Gasteiger partial charge in [-0.2, -0.15) is 0 Å². The smallest absolute Gasteiger partial charge is 0.262 e. The zero-order valence-electron chi connectivity index (χ0n) is 14.2. The number of nitrogens with one attached hydrogen (secondary N) is 1. The SMILES string of the molecule is COc1ccc(OCCNC(=O)CN2C(=O)c3ccccc3C2=O)cc1. The fourth-order valence-corrected chi connectivity index (χ4v) is 2.61. The number of fused-ring (bicyclic) bond motifs is 1. The first-order valence-electron chi connectivity index (χ1n) is 8.09. The van der Waals surface area contributed by atoms with Gasteiger partial charge in [0.05, 0.1) is 24.8 Å². The Balaban J connectivity index is 1.45. The van der Waals surface area contributed by atoms with Gasteiger partial charge in [-0.15, -0.1) is 0 Å². The number of hydrogen-bond donors (Lipinski definition) is 1. The molecular formula is C19H18N2O5. The highest BCUT2D eigenvalue weighted by Gasteiger charge is 2.36. The zero-order chi connectivity index (χ0) is 18.5. The molecule has 0 unspecified atom stereocenters. The van der Waals surface area contributed by atoms with Gasteiger partial charge < -0.3 is 14.8 Å². The molecule has 0 radical (unpaired) electrons. The van der Waals surface area contributed by atoms with Crippen molar-refractivity contribution in [2.75, 3.05) is 26.8 Å². The largest absolute Gasteiger partial charge is 0.497 e. The van der Waals surface area contributed by atoms with Crippen LogP contribution in [-0.2, 0) is 4.79 Å². The third-order valence-electron chi connectivity index (χ3n) is 3.93. The number of methoxy groups -OCH3 is 1. The van der Waals surface area contributed by atoms with Gasteiger partial charge >= 0.3 is 0 Å². The van der Waals surface area contributed by atoms with Crippen LogP contribution in [0.15, 0.2) is 48.5 Å². The first-order chi connectivity index (χ1) is 12.6. The van der Waals surface area contributed by atoms with Crippen LogP contribution in [0.4, 0.5) is 0 Å². The molecule has 1 aliphatic heterocycles. The predicted molar refractivity (Wildman–Crippen MR) is 93.3 cm³/mol. The van der Waals surface area contributed by atoms with Gasteiger partial charge in [0.2, 0.25) is 5.91 Å². The highest BCUT2D eigenvalue weighted by atomic mass is 16.5. The van der Waals surface area contributed by atoms with Gasteiger partial charge in [-0.05, 0) is 36.4 Å². The molecular weight excluding hydrogens is 336 g/mol. The Hall–Kier alpha value is -3.35. The number of carbonyl (C=O) groups is 3. The molecule has 0 fully saturated rings. The van der Waals surface area contributed by atoms with Crippen molar-refractivity contribution in [3.8, 4) is 11.5 Å². The first-order valence-corrected chi connectivity index (χ1v) is 8.09. The Bertz CT molecular complexity index is 797. The van der Waals surface area contributed by atoms with Gasteiger partial charge in [0.1, 0.15) is 24.7 Å². The predicted octanol–water partition coefficient (Wildman–Crippen LogP) is 1.49. The van der Waals surface area contributed by atoms with E-state index in [1.54, 1.807) is 55.6 Å². The van der Waals surface area contributed by atoms with Gasteiger partial charge in [0, 0.05) is 0 Å². The van der Waals surface area contributed by atoms with Gasteiger partial charge in [-0.1, -0.05) is 12.1 Å². The molecule has 1 heterocycles. The normalized spacial score (nSPS) is 12.7. The van der Waals surface area contributed by atoms with Gasteiger partial charge in [-0.3, -0.25) is 19.3 Å². The van der Waals surface area contributed by atoms with Crippen LogP contribution >= 0.6 is 0 Å². The van der Waals surface area contributed by atoms with Gasteiger partial charge in [-0.25, -0.2) is 0 Å². The van der Waals surface area contributed by atoms with Crippen molar-refractivity contribution in [3.05, 3.63) is 59.7 Å². The van der Waals surface area contributed by atoms with Gasteiger partial charge in [0.25, 0.3) is 11.8 Å². The van der Waals surface area contributed by atoms with E-state index < -0.39 is 17.7 Å². The minimum absolute atomic E-state index is 0.258. The number of nitrogens with zero attached hydrogens (tertiary/aromatic N) is 1. The van der Waals surface area contributed by atoms with E-state index in [-0.39, 0.29) is 19.7 Å². The van der Waals surface area contributed by atoms with Crippen molar-refractivity contribution < 1.29 is 23.9 Å². The molecule has 1 N–H and O–H groups in total. The van der Waals surface area contributed by atoms with E-state index in [1.165, 1.54) is 0 Å². The molecule has 1 aliphatic rings. The average Bonchev–Trinajstić information content (AvgIpc) is 2.91. The Morgan fingerprint density at radius 1 is 0.962 bits per heavy atom. The molecule has 26 heavy (non-hydrogen) atoms.